The molecule has 24 heavy (non-hydrogen) atoms. The van der Waals surface area contributed by atoms with Crippen LogP contribution in [-0.4, -0.2) is 52.2 Å². The van der Waals surface area contributed by atoms with Crippen LogP contribution in [0.15, 0.2) is 24.3 Å². The van der Waals surface area contributed by atoms with Crippen LogP contribution in [0.4, 0.5) is 10.5 Å². The number of imide groups is 2. The first-order chi connectivity index (χ1) is 11.3. The van der Waals surface area contributed by atoms with Gasteiger partial charge in [-0.2, -0.15) is 0 Å². The second-order valence-electron chi connectivity index (χ2n) is 6.39. The minimum Gasteiger partial charge on any atom is -0.307 e. The van der Waals surface area contributed by atoms with Crippen molar-refractivity contribution in [3.8, 4) is 0 Å². The predicted octanol–water partition coefficient (Wildman–Crippen LogP) is 1.16. The summed E-state index contributed by atoms with van der Waals surface area (Å²) < 4.78 is 0. The molecule has 1 aromatic carbocycles. The van der Waals surface area contributed by atoms with Crippen LogP contribution in [0.25, 0.3) is 0 Å². The summed E-state index contributed by atoms with van der Waals surface area (Å²) in [4.78, 5) is 52.2. The molecule has 0 spiro atoms. The molecule has 0 bridgehead atoms. The average Bonchev–Trinajstić information content (AvgIpc) is 2.96. The molecule has 0 radical (unpaired) electrons. The molecule has 0 saturated carbocycles. The molecule has 7 heteroatoms. The van der Waals surface area contributed by atoms with Gasteiger partial charge in [0.1, 0.15) is 6.54 Å². The molecule has 3 rings (SSSR count). The summed E-state index contributed by atoms with van der Waals surface area (Å²) in [6, 6.07) is 6.33. The number of para-hydroxylation sites is 1. The monoisotopic (exact) mass is 329 g/mol. The molecule has 1 saturated heterocycles. The van der Waals surface area contributed by atoms with Crippen LogP contribution in [0.3, 0.4) is 0 Å². The van der Waals surface area contributed by atoms with E-state index in [0.29, 0.717) is 0 Å². The molecule has 0 unspecified atom stereocenters. The van der Waals surface area contributed by atoms with Gasteiger partial charge in [-0.15, -0.1) is 0 Å². The smallest absolute Gasteiger partial charge is 0.307 e. The van der Waals surface area contributed by atoms with Crippen molar-refractivity contribution in [3.63, 3.8) is 0 Å². The van der Waals surface area contributed by atoms with Gasteiger partial charge in [0.05, 0.1) is 0 Å². The van der Waals surface area contributed by atoms with E-state index in [9.17, 15) is 19.2 Å². The van der Waals surface area contributed by atoms with Gasteiger partial charge in [-0.25, -0.2) is 9.69 Å². The van der Waals surface area contributed by atoms with Crippen LogP contribution in [-0.2, 0) is 20.8 Å². The number of carbonyl (C=O) groups excluding carboxylic acids is 4. The van der Waals surface area contributed by atoms with Crippen molar-refractivity contribution in [1.82, 2.24) is 9.80 Å². The van der Waals surface area contributed by atoms with Gasteiger partial charge in [-0.05, 0) is 38.8 Å². The Morgan fingerprint density at radius 3 is 2.46 bits per heavy atom. The van der Waals surface area contributed by atoms with Crippen LogP contribution in [0.1, 0.15) is 26.3 Å². The highest BCUT2D eigenvalue weighted by Gasteiger charge is 2.47. The lowest BCUT2D eigenvalue weighted by Crippen LogP contribution is -2.46. The molecule has 2 heterocycles. The van der Waals surface area contributed by atoms with Crippen molar-refractivity contribution in [2.75, 3.05) is 11.4 Å². The van der Waals surface area contributed by atoms with Gasteiger partial charge in [-0.1, -0.05) is 18.2 Å². The lowest BCUT2D eigenvalue weighted by molar-refractivity contribution is -0.144. The first-order valence-electron chi connectivity index (χ1n) is 7.92. The maximum atomic E-state index is 12.7. The molecule has 5 amide bonds. The number of urea groups is 1. The van der Waals surface area contributed by atoms with Crippen LogP contribution in [0.2, 0.25) is 0 Å². The first kappa shape index (κ1) is 16.2. The zero-order valence-corrected chi connectivity index (χ0v) is 13.9. The van der Waals surface area contributed by atoms with Crippen LogP contribution in [0, 0.1) is 0 Å². The van der Waals surface area contributed by atoms with E-state index in [-0.39, 0.29) is 11.9 Å². The highest BCUT2D eigenvalue weighted by molar-refractivity contribution is 6.45. The zero-order valence-electron chi connectivity index (χ0n) is 13.9. The minimum atomic E-state index is -0.942. The molecule has 1 aromatic rings. The summed E-state index contributed by atoms with van der Waals surface area (Å²) in [5.74, 6) is -2.19. The molecular weight excluding hydrogens is 310 g/mol. The number of nitrogens with zero attached hydrogens (tertiary/aromatic N) is 3. The van der Waals surface area contributed by atoms with Crippen molar-refractivity contribution in [1.29, 1.82) is 0 Å². The standard InChI is InChI=1S/C17H19N3O4/c1-10(2)19-16(23)15(22)18(17(19)24)9-14(21)20-11(3)8-12-6-4-5-7-13(12)20/h4-7,10-11H,8-9H2,1-3H3/t11-/m0/s1. The third-order valence-electron chi connectivity index (χ3n) is 4.37. The molecule has 0 aliphatic carbocycles. The molecule has 0 aromatic heterocycles. The predicted molar refractivity (Wildman–Crippen MR) is 86.2 cm³/mol. The van der Waals surface area contributed by atoms with E-state index in [2.05, 4.69) is 0 Å². The van der Waals surface area contributed by atoms with Crippen LogP contribution < -0.4 is 4.90 Å². The summed E-state index contributed by atoms with van der Waals surface area (Å²) in [5, 5.41) is 0. The van der Waals surface area contributed by atoms with Crippen molar-refractivity contribution in [3.05, 3.63) is 29.8 Å². The van der Waals surface area contributed by atoms with E-state index in [4.69, 9.17) is 0 Å². The van der Waals surface area contributed by atoms with Crippen molar-refractivity contribution in [2.45, 2.75) is 39.3 Å². The van der Waals surface area contributed by atoms with Gasteiger partial charge in [0.2, 0.25) is 5.91 Å². The Hall–Kier alpha value is -2.70. The normalized spacial score (nSPS) is 20.4. The SMILES string of the molecule is CC(C)N1C(=O)C(=O)N(CC(=O)N2c3ccccc3C[C@@H]2C)C1=O. The lowest BCUT2D eigenvalue weighted by Gasteiger charge is -2.25. The fourth-order valence-electron chi connectivity index (χ4n) is 3.27. The van der Waals surface area contributed by atoms with Crippen LogP contribution >= 0.6 is 0 Å². The second kappa shape index (κ2) is 5.74. The molecule has 1 atom stereocenters. The van der Waals surface area contributed by atoms with Gasteiger partial charge in [0.25, 0.3) is 0 Å². The Bertz CT molecular complexity index is 743. The van der Waals surface area contributed by atoms with Gasteiger partial charge < -0.3 is 4.90 Å². The van der Waals surface area contributed by atoms with E-state index in [1.54, 1.807) is 18.7 Å². The maximum Gasteiger partial charge on any atom is 0.334 e. The summed E-state index contributed by atoms with van der Waals surface area (Å²) in [7, 11) is 0. The van der Waals surface area contributed by atoms with Gasteiger partial charge in [0.15, 0.2) is 0 Å². The number of anilines is 1. The Labute approximate surface area is 139 Å². The topological polar surface area (TPSA) is 78.0 Å². The Morgan fingerprint density at radius 1 is 1.17 bits per heavy atom. The Kier molecular flexibility index (Phi) is 3.87. The fraction of sp³-hybridized carbons (Fsp3) is 0.412. The summed E-state index contributed by atoms with van der Waals surface area (Å²) in [5.41, 5.74) is 1.85. The van der Waals surface area contributed by atoms with E-state index in [1.807, 2.05) is 31.2 Å². The van der Waals surface area contributed by atoms with E-state index in [0.717, 1.165) is 27.5 Å². The highest BCUT2D eigenvalue weighted by Crippen LogP contribution is 2.32. The number of fused-ring (bicyclic) bond motifs is 1. The zero-order chi connectivity index (χ0) is 17.6. The number of carbonyl (C=O) groups is 4. The van der Waals surface area contributed by atoms with Crippen molar-refractivity contribution >= 4 is 29.4 Å². The molecule has 2 aliphatic rings. The highest BCUT2D eigenvalue weighted by atomic mass is 16.2. The molecule has 126 valence electrons. The van der Waals surface area contributed by atoms with E-state index >= 15 is 0 Å². The minimum absolute atomic E-state index is 0.0559. The molecule has 2 aliphatic heterocycles. The van der Waals surface area contributed by atoms with Gasteiger partial charge in [-0.3, -0.25) is 19.3 Å². The van der Waals surface area contributed by atoms with E-state index < -0.39 is 30.4 Å². The number of benzene rings is 1. The quantitative estimate of drug-likeness (QED) is 0.616. The third kappa shape index (κ3) is 2.36. The maximum absolute atomic E-state index is 12.7. The Balaban J connectivity index is 1.82. The van der Waals surface area contributed by atoms with Gasteiger partial charge in [0, 0.05) is 17.8 Å². The van der Waals surface area contributed by atoms with Crippen LogP contribution in [0.5, 0.6) is 0 Å². The van der Waals surface area contributed by atoms with E-state index in [1.165, 1.54) is 0 Å². The second-order valence-corrected chi connectivity index (χ2v) is 6.39. The first-order valence-corrected chi connectivity index (χ1v) is 7.92. The largest absolute Gasteiger partial charge is 0.334 e. The van der Waals surface area contributed by atoms with Crippen molar-refractivity contribution in [2.24, 2.45) is 0 Å². The molecular formula is C17H19N3O4. The Morgan fingerprint density at radius 2 is 1.83 bits per heavy atom. The summed E-state index contributed by atoms with van der Waals surface area (Å²) in [6.07, 6.45) is 0.723. The molecule has 0 N–H and O–H groups in total. The number of rotatable bonds is 3. The van der Waals surface area contributed by atoms with Gasteiger partial charge >= 0.3 is 17.8 Å². The number of hydrogen-bond acceptors (Lipinski definition) is 4. The summed E-state index contributed by atoms with van der Waals surface area (Å²) >= 11 is 0. The fourth-order valence-corrected chi connectivity index (χ4v) is 3.27. The third-order valence-corrected chi connectivity index (χ3v) is 4.37. The van der Waals surface area contributed by atoms with Crippen molar-refractivity contribution < 1.29 is 19.2 Å². The molecule has 7 nitrogen and oxygen atoms in total. The summed E-state index contributed by atoms with van der Waals surface area (Å²) in [6.45, 7) is 4.78. The number of amides is 5. The number of hydrogen-bond donors (Lipinski definition) is 0. The average molecular weight is 329 g/mol. The molecule has 1 fully saturated rings. The lowest BCUT2D eigenvalue weighted by atomic mass is 10.1.